The quantitative estimate of drug-likeness (QED) is 0.266. The average molecular weight is 406 g/mol. The Hall–Kier alpha value is -4.31. The smallest absolute Gasteiger partial charge is 0.131 e. The van der Waals surface area contributed by atoms with E-state index in [0.29, 0.717) is 5.84 Å². The molecular formula is C27H22N2O2. The second-order valence-corrected chi connectivity index (χ2v) is 6.98. The predicted molar refractivity (Wildman–Crippen MR) is 127 cm³/mol. The molecule has 152 valence electrons. The summed E-state index contributed by atoms with van der Waals surface area (Å²) in [7, 11) is 0. The maximum Gasteiger partial charge on any atom is 0.131 e. The Morgan fingerprint density at radius 1 is 0.613 bits per heavy atom. The van der Waals surface area contributed by atoms with Gasteiger partial charge in [-0.3, -0.25) is 0 Å². The van der Waals surface area contributed by atoms with E-state index in [1.54, 1.807) is 24.3 Å². The lowest BCUT2D eigenvalue weighted by Crippen LogP contribution is -2.10. The standard InChI is InChI=1S/C27H22N2O2/c30-24-15-11-20(12-16-24)26(21-13-17-25(31)18-14-21)19-27(28-22-7-3-1-4-8-22)29-23-9-5-2-6-10-23/h1-19,30-31H,(H,28,29). The molecule has 4 nitrogen and oxygen atoms in total. The molecule has 0 aromatic heterocycles. The van der Waals surface area contributed by atoms with Gasteiger partial charge in [-0.1, -0.05) is 60.7 Å². The fraction of sp³-hybridized carbons (Fsp3) is 0. The summed E-state index contributed by atoms with van der Waals surface area (Å²) in [6, 6.07) is 33.7. The van der Waals surface area contributed by atoms with Crippen molar-refractivity contribution in [1.29, 1.82) is 0 Å². The molecule has 0 heterocycles. The van der Waals surface area contributed by atoms with Crippen LogP contribution in [0, 0.1) is 0 Å². The Morgan fingerprint density at radius 2 is 1.10 bits per heavy atom. The van der Waals surface area contributed by atoms with Crippen molar-refractivity contribution in [1.82, 2.24) is 0 Å². The molecule has 4 aromatic carbocycles. The van der Waals surface area contributed by atoms with Crippen LogP contribution < -0.4 is 5.32 Å². The summed E-state index contributed by atoms with van der Waals surface area (Å²) in [5.41, 5.74) is 4.48. The number of para-hydroxylation sites is 2. The first-order valence-corrected chi connectivity index (χ1v) is 9.94. The van der Waals surface area contributed by atoms with Gasteiger partial charge in [-0.25, -0.2) is 4.99 Å². The van der Waals surface area contributed by atoms with Crippen molar-refractivity contribution in [2.45, 2.75) is 0 Å². The van der Waals surface area contributed by atoms with E-state index in [0.717, 1.165) is 28.1 Å². The number of aliphatic imine (C=N–C) groups is 1. The third kappa shape index (κ3) is 5.40. The van der Waals surface area contributed by atoms with Gasteiger partial charge in [0, 0.05) is 5.69 Å². The van der Waals surface area contributed by atoms with Crippen molar-refractivity contribution in [2.24, 2.45) is 4.99 Å². The minimum atomic E-state index is 0.203. The molecule has 0 atom stereocenters. The van der Waals surface area contributed by atoms with Crippen LogP contribution in [0.25, 0.3) is 5.57 Å². The topological polar surface area (TPSA) is 64.9 Å². The van der Waals surface area contributed by atoms with Crippen LogP contribution in [0.3, 0.4) is 0 Å². The first-order valence-electron chi connectivity index (χ1n) is 9.94. The average Bonchev–Trinajstić information content (AvgIpc) is 2.80. The summed E-state index contributed by atoms with van der Waals surface area (Å²) in [6.07, 6.45) is 1.97. The Morgan fingerprint density at radius 3 is 1.61 bits per heavy atom. The van der Waals surface area contributed by atoms with Crippen molar-refractivity contribution in [2.75, 3.05) is 5.32 Å². The number of aromatic hydroxyl groups is 2. The summed E-state index contributed by atoms with van der Waals surface area (Å²) >= 11 is 0. The molecule has 0 saturated carbocycles. The molecule has 0 bridgehead atoms. The SMILES string of the molecule is Oc1ccc(C(=CC(=Nc2ccccc2)Nc2ccccc2)c2ccc(O)cc2)cc1. The molecular weight excluding hydrogens is 384 g/mol. The van der Waals surface area contributed by atoms with Crippen molar-refractivity contribution in [3.05, 3.63) is 126 Å². The second-order valence-electron chi connectivity index (χ2n) is 6.98. The number of rotatable bonds is 5. The number of amidine groups is 1. The summed E-state index contributed by atoms with van der Waals surface area (Å²) in [4.78, 5) is 4.81. The zero-order chi connectivity index (χ0) is 21.5. The highest BCUT2D eigenvalue weighted by Gasteiger charge is 2.09. The molecule has 4 rings (SSSR count). The molecule has 0 aliphatic rings. The molecule has 0 radical (unpaired) electrons. The van der Waals surface area contributed by atoms with Gasteiger partial charge in [0.05, 0.1) is 5.69 Å². The normalized spacial score (nSPS) is 11.0. The van der Waals surface area contributed by atoms with Gasteiger partial charge in [0.25, 0.3) is 0 Å². The molecule has 0 aliphatic carbocycles. The minimum Gasteiger partial charge on any atom is -0.508 e. The number of anilines is 1. The van der Waals surface area contributed by atoms with E-state index in [2.05, 4.69) is 5.32 Å². The van der Waals surface area contributed by atoms with Gasteiger partial charge >= 0.3 is 0 Å². The highest BCUT2D eigenvalue weighted by atomic mass is 16.3. The Balaban J connectivity index is 1.84. The second kappa shape index (κ2) is 9.46. The van der Waals surface area contributed by atoms with Gasteiger partial charge in [0.15, 0.2) is 0 Å². The minimum absolute atomic E-state index is 0.203. The number of benzene rings is 4. The molecule has 4 heteroatoms. The highest BCUT2D eigenvalue weighted by molar-refractivity contribution is 6.10. The summed E-state index contributed by atoms with van der Waals surface area (Å²) < 4.78 is 0. The molecule has 31 heavy (non-hydrogen) atoms. The van der Waals surface area contributed by atoms with Gasteiger partial charge in [-0.15, -0.1) is 0 Å². The van der Waals surface area contributed by atoms with Crippen LogP contribution in [-0.2, 0) is 0 Å². The first kappa shape index (κ1) is 20.0. The monoisotopic (exact) mass is 406 g/mol. The number of nitrogens with zero attached hydrogens (tertiary/aromatic N) is 1. The number of hydrogen-bond acceptors (Lipinski definition) is 3. The lowest BCUT2D eigenvalue weighted by Gasteiger charge is -2.12. The van der Waals surface area contributed by atoms with Gasteiger partial charge < -0.3 is 15.5 Å². The van der Waals surface area contributed by atoms with Crippen LogP contribution in [0.4, 0.5) is 11.4 Å². The number of nitrogens with one attached hydrogen (secondary N) is 1. The van der Waals surface area contributed by atoms with Crippen LogP contribution in [0.5, 0.6) is 11.5 Å². The largest absolute Gasteiger partial charge is 0.508 e. The van der Waals surface area contributed by atoms with E-state index in [1.165, 1.54) is 0 Å². The summed E-state index contributed by atoms with van der Waals surface area (Å²) in [6.45, 7) is 0. The maximum absolute atomic E-state index is 9.73. The van der Waals surface area contributed by atoms with Crippen molar-refractivity contribution in [3.63, 3.8) is 0 Å². The van der Waals surface area contributed by atoms with Crippen LogP contribution in [0.1, 0.15) is 11.1 Å². The van der Waals surface area contributed by atoms with E-state index < -0.39 is 0 Å². The lowest BCUT2D eigenvalue weighted by atomic mass is 9.97. The van der Waals surface area contributed by atoms with Crippen molar-refractivity contribution >= 4 is 22.8 Å². The fourth-order valence-electron chi connectivity index (χ4n) is 3.16. The third-order valence-electron chi connectivity index (χ3n) is 4.69. The van der Waals surface area contributed by atoms with Gasteiger partial charge in [-0.2, -0.15) is 0 Å². The number of phenols is 2. The maximum atomic E-state index is 9.73. The van der Waals surface area contributed by atoms with Crippen LogP contribution >= 0.6 is 0 Å². The van der Waals surface area contributed by atoms with E-state index in [4.69, 9.17) is 4.99 Å². The molecule has 0 unspecified atom stereocenters. The highest BCUT2D eigenvalue weighted by Crippen LogP contribution is 2.27. The first-order chi connectivity index (χ1) is 15.2. The molecule has 0 spiro atoms. The van der Waals surface area contributed by atoms with E-state index in [9.17, 15) is 10.2 Å². The molecule has 4 aromatic rings. The summed E-state index contributed by atoms with van der Waals surface area (Å²) in [5.74, 6) is 1.07. The van der Waals surface area contributed by atoms with Gasteiger partial charge in [-0.05, 0) is 71.3 Å². The molecule has 0 amide bonds. The number of hydrogen-bond donors (Lipinski definition) is 3. The van der Waals surface area contributed by atoms with Gasteiger partial charge in [0.2, 0.25) is 0 Å². The Labute approximate surface area is 181 Å². The summed E-state index contributed by atoms with van der Waals surface area (Å²) in [5, 5.41) is 22.9. The van der Waals surface area contributed by atoms with E-state index >= 15 is 0 Å². The van der Waals surface area contributed by atoms with Crippen LogP contribution in [-0.4, -0.2) is 16.0 Å². The predicted octanol–water partition coefficient (Wildman–Crippen LogP) is 6.37. The Bertz CT molecular complexity index is 1130. The third-order valence-corrected chi connectivity index (χ3v) is 4.69. The van der Waals surface area contributed by atoms with E-state index in [1.807, 2.05) is 91.0 Å². The zero-order valence-electron chi connectivity index (χ0n) is 16.8. The molecule has 0 aliphatic heterocycles. The fourth-order valence-corrected chi connectivity index (χ4v) is 3.16. The zero-order valence-corrected chi connectivity index (χ0v) is 16.8. The lowest BCUT2D eigenvalue weighted by molar-refractivity contribution is 0.475. The van der Waals surface area contributed by atoms with Gasteiger partial charge in [0.1, 0.15) is 17.3 Å². The molecule has 0 saturated heterocycles. The Kier molecular flexibility index (Phi) is 6.10. The van der Waals surface area contributed by atoms with E-state index in [-0.39, 0.29) is 11.5 Å². The molecule has 3 N–H and O–H groups in total. The van der Waals surface area contributed by atoms with Crippen LogP contribution in [0.15, 0.2) is 120 Å². The van der Waals surface area contributed by atoms with Crippen molar-refractivity contribution < 1.29 is 10.2 Å². The number of phenolic OH excluding ortho intramolecular Hbond substituents is 2. The van der Waals surface area contributed by atoms with Crippen molar-refractivity contribution in [3.8, 4) is 11.5 Å². The molecule has 0 fully saturated rings. The van der Waals surface area contributed by atoms with Crippen LogP contribution in [0.2, 0.25) is 0 Å².